The molecule has 2 aliphatic rings. The van der Waals surface area contributed by atoms with Crippen molar-refractivity contribution >= 4 is 21.4 Å². The Balaban J connectivity index is 1.50. The zero-order chi connectivity index (χ0) is 18.7. The van der Waals surface area contributed by atoms with Gasteiger partial charge < -0.3 is 19.1 Å². The Hall–Kier alpha value is -2.45. The Morgan fingerprint density at radius 2 is 1.56 bits per heavy atom. The molecule has 1 fully saturated rings. The fraction of sp³-hybridized carbons (Fsp3) is 0.368. The maximum absolute atomic E-state index is 12.7. The Labute approximate surface area is 158 Å². The number of hydrogen-bond donors (Lipinski definition) is 1. The smallest absolute Gasteiger partial charge is 0.262 e. The first-order valence-corrected chi connectivity index (χ1v) is 10.5. The second kappa shape index (κ2) is 7.66. The molecule has 2 aliphatic heterocycles. The van der Waals surface area contributed by atoms with E-state index in [4.69, 9.17) is 14.2 Å². The summed E-state index contributed by atoms with van der Waals surface area (Å²) in [5, 5.41) is 0. The van der Waals surface area contributed by atoms with Crippen molar-refractivity contribution in [3.05, 3.63) is 42.5 Å². The lowest BCUT2D eigenvalue weighted by Crippen LogP contribution is -2.36. The van der Waals surface area contributed by atoms with Gasteiger partial charge in [0.15, 0.2) is 11.5 Å². The molecule has 0 atom stereocenters. The maximum Gasteiger partial charge on any atom is 0.262 e. The number of sulfonamides is 1. The second-order valence-corrected chi connectivity index (χ2v) is 8.09. The number of nitrogens with zero attached hydrogens (tertiary/aromatic N) is 1. The lowest BCUT2D eigenvalue weighted by Gasteiger charge is -2.28. The van der Waals surface area contributed by atoms with E-state index in [9.17, 15) is 8.42 Å². The third-order valence-electron chi connectivity index (χ3n) is 4.53. The summed E-state index contributed by atoms with van der Waals surface area (Å²) in [5.74, 6) is 1.03. The molecule has 4 rings (SSSR count). The molecule has 1 saturated heterocycles. The van der Waals surface area contributed by atoms with E-state index >= 15 is 0 Å². The van der Waals surface area contributed by atoms with Gasteiger partial charge in [0.1, 0.15) is 0 Å². The first-order valence-electron chi connectivity index (χ1n) is 8.97. The first-order chi connectivity index (χ1) is 13.1. The van der Waals surface area contributed by atoms with E-state index < -0.39 is 10.0 Å². The van der Waals surface area contributed by atoms with E-state index in [2.05, 4.69) is 9.62 Å². The minimum absolute atomic E-state index is 0.143. The van der Waals surface area contributed by atoms with Gasteiger partial charge >= 0.3 is 0 Å². The Morgan fingerprint density at radius 1 is 0.852 bits per heavy atom. The SMILES string of the molecule is O=S(=O)(Nc1ccc(N2CCOCC2)cc1)c1ccc2c(c1)OCCCO2. The fourth-order valence-electron chi connectivity index (χ4n) is 3.09. The van der Waals surface area contributed by atoms with Crippen LogP contribution in [-0.2, 0) is 14.8 Å². The van der Waals surface area contributed by atoms with Crippen LogP contribution in [0.25, 0.3) is 0 Å². The van der Waals surface area contributed by atoms with Gasteiger partial charge in [0, 0.05) is 37.0 Å². The molecule has 0 amide bonds. The summed E-state index contributed by atoms with van der Waals surface area (Å²) in [7, 11) is -3.72. The number of hydrogen-bond acceptors (Lipinski definition) is 6. The van der Waals surface area contributed by atoms with Crippen molar-refractivity contribution in [1.82, 2.24) is 0 Å². The quantitative estimate of drug-likeness (QED) is 0.864. The first kappa shape index (κ1) is 17.9. The van der Waals surface area contributed by atoms with E-state index in [1.54, 1.807) is 18.2 Å². The number of anilines is 2. The molecule has 0 aliphatic carbocycles. The summed E-state index contributed by atoms with van der Waals surface area (Å²) in [4.78, 5) is 2.36. The molecule has 0 radical (unpaired) electrons. The predicted octanol–water partition coefficient (Wildman–Crippen LogP) is 2.49. The highest BCUT2D eigenvalue weighted by Crippen LogP contribution is 2.32. The van der Waals surface area contributed by atoms with Crippen LogP contribution >= 0.6 is 0 Å². The lowest BCUT2D eigenvalue weighted by atomic mass is 10.2. The van der Waals surface area contributed by atoms with Gasteiger partial charge in [0.2, 0.25) is 0 Å². The van der Waals surface area contributed by atoms with Crippen molar-refractivity contribution in [3.63, 3.8) is 0 Å². The van der Waals surface area contributed by atoms with Gasteiger partial charge in [-0.2, -0.15) is 0 Å². The molecular formula is C19H22N2O5S. The summed E-state index contributed by atoms with van der Waals surface area (Å²) < 4.78 is 44.6. The molecular weight excluding hydrogens is 368 g/mol. The lowest BCUT2D eigenvalue weighted by molar-refractivity contribution is 0.122. The third-order valence-corrected chi connectivity index (χ3v) is 5.90. The minimum atomic E-state index is -3.72. The van der Waals surface area contributed by atoms with Crippen LogP contribution in [0, 0.1) is 0 Å². The number of benzene rings is 2. The molecule has 0 bridgehead atoms. The topological polar surface area (TPSA) is 77.1 Å². The van der Waals surface area contributed by atoms with Crippen LogP contribution in [0.4, 0.5) is 11.4 Å². The van der Waals surface area contributed by atoms with E-state index in [-0.39, 0.29) is 4.90 Å². The van der Waals surface area contributed by atoms with Gasteiger partial charge in [-0.25, -0.2) is 8.42 Å². The summed E-state index contributed by atoms with van der Waals surface area (Å²) in [6.07, 6.45) is 0.768. The molecule has 144 valence electrons. The van der Waals surface area contributed by atoms with Gasteiger partial charge in [-0.3, -0.25) is 4.72 Å². The van der Waals surface area contributed by atoms with Gasteiger partial charge in [0.05, 0.1) is 31.3 Å². The van der Waals surface area contributed by atoms with Crippen LogP contribution in [0.3, 0.4) is 0 Å². The molecule has 0 aromatic heterocycles. The van der Waals surface area contributed by atoms with Crippen LogP contribution < -0.4 is 19.1 Å². The number of fused-ring (bicyclic) bond motifs is 1. The summed E-state index contributed by atoms with van der Waals surface area (Å²) in [5.41, 5.74) is 1.57. The van der Waals surface area contributed by atoms with E-state index in [0.29, 0.717) is 43.6 Å². The summed E-state index contributed by atoms with van der Waals surface area (Å²) in [6, 6.07) is 12.0. The average molecular weight is 390 g/mol. The van der Waals surface area contributed by atoms with Crippen LogP contribution in [-0.4, -0.2) is 47.9 Å². The highest BCUT2D eigenvalue weighted by Gasteiger charge is 2.19. The largest absolute Gasteiger partial charge is 0.490 e. The van der Waals surface area contributed by atoms with Gasteiger partial charge in [0.25, 0.3) is 10.0 Å². The molecule has 2 aromatic carbocycles. The van der Waals surface area contributed by atoms with Crippen molar-refractivity contribution in [2.75, 3.05) is 49.1 Å². The zero-order valence-electron chi connectivity index (χ0n) is 14.9. The van der Waals surface area contributed by atoms with Gasteiger partial charge in [-0.1, -0.05) is 0 Å². The van der Waals surface area contributed by atoms with Crippen molar-refractivity contribution in [2.45, 2.75) is 11.3 Å². The van der Waals surface area contributed by atoms with Crippen LogP contribution in [0.2, 0.25) is 0 Å². The molecule has 0 spiro atoms. The Morgan fingerprint density at radius 3 is 2.30 bits per heavy atom. The predicted molar refractivity (Wildman–Crippen MR) is 102 cm³/mol. The molecule has 1 N–H and O–H groups in total. The van der Waals surface area contributed by atoms with Crippen LogP contribution in [0.5, 0.6) is 11.5 Å². The molecule has 7 nitrogen and oxygen atoms in total. The number of morpholine rings is 1. The molecule has 0 unspecified atom stereocenters. The number of rotatable bonds is 4. The number of ether oxygens (including phenoxy) is 3. The van der Waals surface area contributed by atoms with Crippen molar-refractivity contribution < 1.29 is 22.6 Å². The van der Waals surface area contributed by atoms with E-state index in [1.807, 2.05) is 12.1 Å². The number of nitrogens with one attached hydrogen (secondary N) is 1. The van der Waals surface area contributed by atoms with Crippen molar-refractivity contribution in [3.8, 4) is 11.5 Å². The maximum atomic E-state index is 12.7. The van der Waals surface area contributed by atoms with Gasteiger partial charge in [-0.15, -0.1) is 0 Å². The fourth-order valence-corrected chi connectivity index (χ4v) is 4.16. The summed E-state index contributed by atoms with van der Waals surface area (Å²) >= 11 is 0. The third kappa shape index (κ3) is 4.12. The molecule has 2 heterocycles. The highest BCUT2D eigenvalue weighted by atomic mass is 32.2. The molecule has 2 aromatic rings. The summed E-state index contributed by atoms with van der Waals surface area (Å²) in [6.45, 7) is 4.15. The normalized spacial score (nSPS) is 17.3. The van der Waals surface area contributed by atoms with Crippen molar-refractivity contribution in [2.24, 2.45) is 0 Å². The molecule has 27 heavy (non-hydrogen) atoms. The Kier molecular flexibility index (Phi) is 5.09. The standard InChI is InChI=1S/C19H22N2O5S/c22-27(23,17-6-7-18-19(14-17)26-11-1-10-25-18)20-15-2-4-16(5-3-15)21-8-12-24-13-9-21/h2-7,14,20H,1,8-13H2. The monoisotopic (exact) mass is 390 g/mol. The Bertz CT molecular complexity index is 893. The zero-order valence-corrected chi connectivity index (χ0v) is 15.7. The molecule has 8 heteroatoms. The minimum Gasteiger partial charge on any atom is -0.490 e. The van der Waals surface area contributed by atoms with Crippen LogP contribution in [0.15, 0.2) is 47.4 Å². The van der Waals surface area contributed by atoms with E-state index in [0.717, 1.165) is 25.2 Å². The highest BCUT2D eigenvalue weighted by molar-refractivity contribution is 7.92. The average Bonchev–Trinajstić information content (AvgIpc) is 2.94. The second-order valence-electron chi connectivity index (χ2n) is 6.41. The van der Waals surface area contributed by atoms with Crippen LogP contribution in [0.1, 0.15) is 6.42 Å². The van der Waals surface area contributed by atoms with Gasteiger partial charge in [-0.05, 0) is 36.4 Å². The van der Waals surface area contributed by atoms with Crippen molar-refractivity contribution in [1.29, 1.82) is 0 Å². The van der Waals surface area contributed by atoms with E-state index in [1.165, 1.54) is 12.1 Å². The molecule has 0 saturated carbocycles.